The first-order valence-electron chi connectivity index (χ1n) is 8.22. The van der Waals surface area contributed by atoms with Crippen molar-refractivity contribution in [3.63, 3.8) is 0 Å². The van der Waals surface area contributed by atoms with Gasteiger partial charge in [-0.25, -0.2) is 9.38 Å². The third-order valence-corrected chi connectivity index (χ3v) is 5.20. The second-order valence-corrected chi connectivity index (χ2v) is 7.38. The van der Waals surface area contributed by atoms with E-state index in [0.717, 1.165) is 41.5 Å². The van der Waals surface area contributed by atoms with Gasteiger partial charge >= 0.3 is 0 Å². The monoisotopic (exact) mass is 420 g/mol. The summed E-state index contributed by atoms with van der Waals surface area (Å²) in [6.45, 7) is 6.32. The molecule has 5 heteroatoms. The molecule has 0 spiro atoms. The average molecular weight is 422 g/mol. The van der Waals surface area contributed by atoms with E-state index in [1.165, 1.54) is 11.6 Å². The van der Waals surface area contributed by atoms with E-state index in [0.29, 0.717) is 11.4 Å². The van der Waals surface area contributed by atoms with Crippen molar-refractivity contribution < 1.29 is 4.39 Å². The lowest BCUT2D eigenvalue weighted by atomic mass is 10.0. The number of aliphatic imine (C=N–C) groups is 1. The molecule has 1 aliphatic rings. The number of benzene rings is 2. The molecule has 0 unspecified atom stereocenters. The number of aryl methyl sites for hydroxylation is 1. The molecule has 0 saturated heterocycles. The number of anilines is 1. The lowest BCUT2D eigenvalue weighted by Crippen LogP contribution is -2.34. The van der Waals surface area contributed by atoms with E-state index in [4.69, 9.17) is 11.6 Å². The molecule has 0 amide bonds. The van der Waals surface area contributed by atoms with Gasteiger partial charge in [-0.05, 0) is 55.5 Å². The number of fused-ring (bicyclic) bond motifs is 1. The van der Waals surface area contributed by atoms with Crippen LogP contribution < -0.4 is 4.90 Å². The van der Waals surface area contributed by atoms with Gasteiger partial charge in [0.15, 0.2) is 0 Å². The van der Waals surface area contributed by atoms with E-state index in [1.807, 2.05) is 31.2 Å². The average Bonchev–Trinajstić information content (AvgIpc) is 2.77. The molecule has 3 rings (SSSR count). The molecule has 1 heterocycles. The quantitative estimate of drug-likeness (QED) is 0.320. The molecule has 0 bridgehead atoms. The zero-order valence-electron chi connectivity index (χ0n) is 14.0. The van der Waals surface area contributed by atoms with Gasteiger partial charge < -0.3 is 4.90 Å². The summed E-state index contributed by atoms with van der Waals surface area (Å²) in [5.74, 6) is 0.203. The smallest absolute Gasteiger partial charge is 0.145 e. The molecule has 2 aromatic rings. The maximum Gasteiger partial charge on any atom is 0.145 e. The molecule has 130 valence electrons. The van der Waals surface area contributed by atoms with Crippen LogP contribution in [0.5, 0.6) is 0 Å². The third kappa shape index (κ3) is 3.80. The highest BCUT2D eigenvalue weighted by Gasteiger charge is 2.25. The Morgan fingerprint density at radius 2 is 2.00 bits per heavy atom. The highest BCUT2D eigenvalue weighted by molar-refractivity contribution is 9.10. The van der Waals surface area contributed by atoms with E-state index < -0.39 is 0 Å². The van der Waals surface area contributed by atoms with Crippen molar-refractivity contribution >= 4 is 39.1 Å². The Morgan fingerprint density at radius 3 is 2.72 bits per heavy atom. The van der Waals surface area contributed by atoms with Gasteiger partial charge in [0.2, 0.25) is 0 Å². The molecule has 1 aliphatic heterocycles. The maximum atomic E-state index is 14.7. The Hall–Kier alpha value is -1.65. The largest absolute Gasteiger partial charge is 0.325 e. The summed E-state index contributed by atoms with van der Waals surface area (Å²) in [7, 11) is 0. The van der Waals surface area contributed by atoms with Crippen LogP contribution in [0.2, 0.25) is 0 Å². The fraction of sp³-hybridized carbons (Fsp3) is 0.250. The van der Waals surface area contributed by atoms with Gasteiger partial charge in [0.1, 0.15) is 16.8 Å². The van der Waals surface area contributed by atoms with Crippen molar-refractivity contribution in [1.82, 2.24) is 0 Å². The molecular weight excluding hydrogens is 403 g/mol. The van der Waals surface area contributed by atoms with Crippen LogP contribution >= 0.6 is 27.5 Å². The minimum Gasteiger partial charge on any atom is -0.325 e. The highest BCUT2D eigenvalue weighted by atomic mass is 79.9. The van der Waals surface area contributed by atoms with Gasteiger partial charge in [-0.1, -0.05) is 52.3 Å². The van der Waals surface area contributed by atoms with Crippen molar-refractivity contribution in [3.8, 4) is 0 Å². The number of amidine groups is 1. The van der Waals surface area contributed by atoms with Gasteiger partial charge in [-0.2, -0.15) is 0 Å². The number of halogens is 3. The molecule has 0 radical (unpaired) electrons. The van der Waals surface area contributed by atoms with E-state index in [2.05, 4.69) is 32.4 Å². The van der Waals surface area contributed by atoms with E-state index in [1.54, 1.807) is 6.07 Å². The lowest BCUT2D eigenvalue weighted by molar-refractivity contribution is 0.623. The molecule has 0 saturated carbocycles. The van der Waals surface area contributed by atoms with Crippen molar-refractivity contribution in [3.05, 3.63) is 75.1 Å². The van der Waals surface area contributed by atoms with Crippen molar-refractivity contribution in [2.45, 2.75) is 26.2 Å². The summed E-state index contributed by atoms with van der Waals surface area (Å²) < 4.78 is 15.7. The fourth-order valence-corrected chi connectivity index (χ4v) is 3.88. The summed E-state index contributed by atoms with van der Waals surface area (Å²) in [5.41, 5.74) is 3.53. The normalized spacial score (nSPS) is 14.9. The van der Waals surface area contributed by atoms with Crippen LogP contribution in [0.4, 0.5) is 10.1 Å². The summed E-state index contributed by atoms with van der Waals surface area (Å²) in [5, 5.41) is 0.137. The van der Waals surface area contributed by atoms with Crippen molar-refractivity contribution in [2.75, 3.05) is 11.4 Å². The molecule has 2 aromatic carbocycles. The van der Waals surface area contributed by atoms with Crippen LogP contribution in [-0.2, 0) is 6.42 Å². The predicted octanol–water partition coefficient (Wildman–Crippen LogP) is 6.20. The topological polar surface area (TPSA) is 15.6 Å². The Labute approximate surface area is 161 Å². The number of rotatable bonds is 2. The Bertz CT molecular complexity index is 827. The fourth-order valence-electron chi connectivity index (χ4n) is 3.24. The van der Waals surface area contributed by atoms with E-state index in [9.17, 15) is 4.39 Å². The molecule has 0 aliphatic carbocycles. The molecule has 0 aromatic heterocycles. The van der Waals surface area contributed by atoms with Crippen LogP contribution in [-0.4, -0.2) is 12.4 Å². The van der Waals surface area contributed by atoms with Crippen LogP contribution in [0, 0.1) is 12.7 Å². The van der Waals surface area contributed by atoms with Gasteiger partial charge in [0, 0.05) is 16.7 Å². The Kier molecular flexibility index (Phi) is 5.60. The molecular formula is C20H19BrClFN2. The van der Waals surface area contributed by atoms with Crippen LogP contribution in [0.25, 0.3) is 0 Å². The molecule has 0 atom stereocenters. The molecule has 0 N–H and O–H groups in total. The first-order valence-corrected chi connectivity index (χ1v) is 9.39. The number of nitrogens with zero attached hydrogens (tertiary/aromatic N) is 2. The third-order valence-electron chi connectivity index (χ3n) is 4.37. The molecule has 2 nitrogen and oxygen atoms in total. The molecule has 25 heavy (non-hydrogen) atoms. The van der Waals surface area contributed by atoms with E-state index >= 15 is 0 Å². The Morgan fingerprint density at radius 1 is 1.24 bits per heavy atom. The van der Waals surface area contributed by atoms with Gasteiger partial charge in [-0.15, -0.1) is 0 Å². The molecule has 0 fully saturated rings. The van der Waals surface area contributed by atoms with Crippen LogP contribution in [0.15, 0.2) is 57.6 Å². The van der Waals surface area contributed by atoms with Crippen LogP contribution in [0.3, 0.4) is 0 Å². The summed E-state index contributed by atoms with van der Waals surface area (Å²) in [4.78, 5) is 6.48. The van der Waals surface area contributed by atoms with Crippen molar-refractivity contribution in [1.29, 1.82) is 0 Å². The first kappa shape index (κ1) is 18.2. The standard InChI is InChI=1S/C20H19BrClFN2/c1-13-7-5-10-17(23)19(13)20(24-14(2)22)25-12-4-3-8-15-16(21)9-6-11-18(15)25/h5-7,9-11H,2-4,8,12H2,1H3. The SMILES string of the molecule is C=C(Cl)N=C(c1c(C)cccc1F)N1CCCCc2c(Br)cccc21. The second kappa shape index (κ2) is 7.71. The lowest BCUT2D eigenvalue weighted by Gasteiger charge is -2.28. The Balaban J connectivity index is 2.22. The van der Waals surface area contributed by atoms with Crippen molar-refractivity contribution in [2.24, 2.45) is 4.99 Å². The summed E-state index contributed by atoms with van der Waals surface area (Å²) in [6.07, 6.45) is 3.03. The minimum absolute atomic E-state index is 0.137. The zero-order valence-corrected chi connectivity index (χ0v) is 16.4. The summed E-state index contributed by atoms with van der Waals surface area (Å²) in [6, 6.07) is 11.1. The minimum atomic E-state index is -0.308. The maximum absolute atomic E-state index is 14.7. The van der Waals surface area contributed by atoms with Gasteiger partial charge in [0.25, 0.3) is 0 Å². The van der Waals surface area contributed by atoms with Crippen LogP contribution in [0.1, 0.15) is 29.5 Å². The van der Waals surface area contributed by atoms with Gasteiger partial charge in [0.05, 0.1) is 5.56 Å². The first-order chi connectivity index (χ1) is 12.0. The number of hydrogen-bond donors (Lipinski definition) is 0. The van der Waals surface area contributed by atoms with Gasteiger partial charge in [-0.3, -0.25) is 0 Å². The predicted molar refractivity (Wildman–Crippen MR) is 107 cm³/mol. The second-order valence-electron chi connectivity index (χ2n) is 6.09. The van der Waals surface area contributed by atoms with E-state index in [-0.39, 0.29) is 11.0 Å². The number of hydrogen-bond acceptors (Lipinski definition) is 1. The highest BCUT2D eigenvalue weighted by Crippen LogP contribution is 2.34. The summed E-state index contributed by atoms with van der Waals surface area (Å²) >= 11 is 9.65. The zero-order chi connectivity index (χ0) is 18.0.